The van der Waals surface area contributed by atoms with Gasteiger partial charge < -0.3 is 15.0 Å². The van der Waals surface area contributed by atoms with E-state index in [0.29, 0.717) is 6.42 Å². The van der Waals surface area contributed by atoms with E-state index in [-0.39, 0.29) is 0 Å². The van der Waals surface area contributed by atoms with E-state index in [1.807, 2.05) is 12.4 Å². The van der Waals surface area contributed by atoms with Gasteiger partial charge in [-0.1, -0.05) is 6.92 Å². The standard InChI is InChI=1S/C12H21N3O/c1-2-8-15-9-7-14-11(15)10-12(16)3-5-13-6-4-12/h7,9,13,16H,2-6,8,10H2,1H3. The van der Waals surface area contributed by atoms with Crippen molar-refractivity contribution in [1.29, 1.82) is 0 Å². The first-order chi connectivity index (χ1) is 7.73. The van der Waals surface area contributed by atoms with E-state index in [0.717, 1.165) is 44.7 Å². The van der Waals surface area contributed by atoms with Gasteiger partial charge in [-0.3, -0.25) is 0 Å². The van der Waals surface area contributed by atoms with Crippen LogP contribution in [0.1, 0.15) is 32.0 Å². The Hall–Kier alpha value is -0.870. The Balaban J connectivity index is 2.04. The van der Waals surface area contributed by atoms with Crippen molar-refractivity contribution in [3.8, 4) is 0 Å². The van der Waals surface area contributed by atoms with Gasteiger partial charge in [0.25, 0.3) is 0 Å². The quantitative estimate of drug-likeness (QED) is 0.799. The molecule has 1 aliphatic rings. The predicted molar refractivity (Wildman–Crippen MR) is 63.3 cm³/mol. The van der Waals surface area contributed by atoms with E-state index < -0.39 is 5.60 Å². The van der Waals surface area contributed by atoms with Gasteiger partial charge in [0, 0.05) is 25.4 Å². The third kappa shape index (κ3) is 2.62. The summed E-state index contributed by atoms with van der Waals surface area (Å²) in [5, 5.41) is 13.7. The zero-order chi connectivity index (χ0) is 11.4. The van der Waals surface area contributed by atoms with Gasteiger partial charge in [0.15, 0.2) is 0 Å². The van der Waals surface area contributed by atoms with Crippen LogP contribution in [0, 0.1) is 0 Å². The van der Waals surface area contributed by atoms with E-state index in [1.165, 1.54) is 0 Å². The van der Waals surface area contributed by atoms with Gasteiger partial charge in [-0.2, -0.15) is 0 Å². The Kier molecular flexibility index (Phi) is 3.61. The molecule has 4 nitrogen and oxygen atoms in total. The first-order valence-corrected chi connectivity index (χ1v) is 6.17. The van der Waals surface area contributed by atoms with Crippen LogP contribution in [0.3, 0.4) is 0 Å². The van der Waals surface area contributed by atoms with Crippen LogP contribution in [0.25, 0.3) is 0 Å². The van der Waals surface area contributed by atoms with Crippen molar-refractivity contribution in [3.05, 3.63) is 18.2 Å². The summed E-state index contributed by atoms with van der Waals surface area (Å²) in [4.78, 5) is 4.36. The average molecular weight is 223 g/mol. The van der Waals surface area contributed by atoms with Gasteiger partial charge >= 0.3 is 0 Å². The number of aromatic nitrogens is 2. The van der Waals surface area contributed by atoms with Crippen molar-refractivity contribution in [2.24, 2.45) is 0 Å². The first-order valence-electron chi connectivity index (χ1n) is 6.17. The zero-order valence-electron chi connectivity index (χ0n) is 9.95. The monoisotopic (exact) mass is 223 g/mol. The van der Waals surface area contributed by atoms with Gasteiger partial charge in [-0.15, -0.1) is 0 Å². The van der Waals surface area contributed by atoms with Crippen molar-refractivity contribution < 1.29 is 5.11 Å². The Bertz CT molecular complexity index is 329. The lowest BCUT2D eigenvalue weighted by molar-refractivity contribution is 0.00839. The van der Waals surface area contributed by atoms with Crippen LogP contribution in [0.2, 0.25) is 0 Å². The molecule has 2 N–H and O–H groups in total. The van der Waals surface area contributed by atoms with Crippen LogP contribution >= 0.6 is 0 Å². The average Bonchev–Trinajstić information content (AvgIpc) is 2.67. The normalized spacial score (nSPS) is 19.9. The van der Waals surface area contributed by atoms with Crippen LogP contribution in [0.15, 0.2) is 12.4 Å². The number of piperidine rings is 1. The molecule has 0 spiro atoms. The maximum atomic E-state index is 10.4. The second-order valence-electron chi connectivity index (χ2n) is 4.69. The molecule has 1 aliphatic heterocycles. The smallest absolute Gasteiger partial charge is 0.111 e. The Morgan fingerprint density at radius 3 is 2.94 bits per heavy atom. The fourth-order valence-corrected chi connectivity index (χ4v) is 2.31. The van der Waals surface area contributed by atoms with Crippen molar-refractivity contribution in [3.63, 3.8) is 0 Å². The number of rotatable bonds is 4. The minimum Gasteiger partial charge on any atom is -0.389 e. The molecule has 0 aromatic carbocycles. The van der Waals surface area contributed by atoms with Crippen molar-refractivity contribution >= 4 is 0 Å². The fraction of sp³-hybridized carbons (Fsp3) is 0.750. The maximum Gasteiger partial charge on any atom is 0.111 e. The van der Waals surface area contributed by atoms with Gasteiger partial charge in [-0.05, 0) is 32.4 Å². The summed E-state index contributed by atoms with van der Waals surface area (Å²) in [7, 11) is 0. The van der Waals surface area contributed by atoms with Crippen LogP contribution in [-0.4, -0.2) is 33.3 Å². The van der Waals surface area contributed by atoms with Gasteiger partial charge in [0.05, 0.1) is 5.60 Å². The fourth-order valence-electron chi connectivity index (χ4n) is 2.31. The van der Waals surface area contributed by atoms with Crippen LogP contribution in [0.4, 0.5) is 0 Å². The zero-order valence-corrected chi connectivity index (χ0v) is 9.95. The number of imidazole rings is 1. The molecule has 1 fully saturated rings. The third-order valence-corrected chi connectivity index (χ3v) is 3.29. The van der Waals surface area contributed by atoms with E-state index in [2.05, 4.69) is 21.8 Å². The van der Waals surface area contributed by atoms with Crippen LogP contribution in [0.5, 0.6) is 0 Å². The Labute approximate surface area is 96.7 Å². The van der Waals surface area contributed by atoms with Gasteiger partial charge in [0.2, 0.25) is 0 Å². The molecule has 0 aliphatic carbocycles. The largest absolute Gasteiger partial charge is 0.389 e. The van der Waals surface area contributed by atoms with Crippen molar-refractivity contribution in [1.82, 2.24) is 14.9 Å². The number of hydrogen-bond donors (Lipinski definition) is 2. The molecular formula is C12H21N3O. The summed E-state index contributed by atoms with van der Waals surface area (Å²) in [5.74, 6) is 1.02. The molecule has 0 radical (unpaired) electrons. The van der Waals surface area contributed by atoms with E-state index in [1.54, 1.807) is 0 Å². The minimum atomic E-state index is -0.553. The summed E-state index contributed by atoms with van der Waals surface area (Å²) in [5.41, 5.74) is -0.553. The SMILES string of the molecule is CCCn1ccnc1CC1(O)CCNCC1. The van der Waals surface area contributed by atoms with Gasteiger partial charge in [0.1, 0.15) is 5.82 Å². The number of aliphatic hydroxyl groups is 1. The molecule has 0 bridgehead atoms. The number of aryl methyl sites for hydroxylation is 1. The minimum absolute atomic E-state index is 0.553. The second-order valence-corrected chi connectivity index (χ2v) is 4.69. The third-order valence-electron chi connectivity index (χ3n) is 3.29. The highest BCUT2D eigenvalue weighted by Gasteiger charge is 2.30. The highest BCUT2D eigenvalue weighted by Crippen LogP contribution is 2.22. The molecule has 0 atom stereocenters. The summed E-state index contributed by atoms with van der Waals surface area (Å²) >= 11 is 0. The molecule has 2 heterocycles. The molecule has 90 valence electrons. The van der Waals surface area contributed by atoms with E-state index in [9.17, 15) is 5.11 Å². The number of nitrogens with zero attached hydrogens (tertiary/aromatic N) is 2. The lowest BCUT2D eigenvalue weighted by Crippen LogP contribution is -2.43. The molecule has 16 heavy (non-hydrogen) atoms. The molecular weight excluding hydrogens is 202 g/mol. The molecule has 4 heteroatoms. The van der Waals surface area contributed by atoms with Gasteiger partial charge in [-0.25, -0.2) is 4.98 Å². The highest BCUT2D eigenvalue weighted by molar-refractivity contribution is 5.00. The van der Waals surface area contributed by atoms with Crippen LogP contribution in [-0.2, 0) is 13.0 Å². The maximum absolute atomic E-state index is 10.4. The van der Waals surface area contributed by atoms with Crippen molar-refractivity contribution in [2.45, 2.75) is 44.8 Å². The van der Waals surface area contributed by atoms with Crippen LogP contribution < -0.4 is 5.32 Å². The Morgan fingerprint density at radius 1 is 1.50 bits per heavy atom. The molecule has 1 aromatic rings. The molecule has 0 saturated carbocycles. The predicted octanol–water partition coefficient (Wildman–Crippen LogP) is 0.950. The molecule has 2 rings (SSSR count). The summed E-state index contributed by atoms with van der Waals surface area (Å²) in [6, 6.07) is 0. The lowest BCUT2D eigenvalue weighted by atomic mass is 9.89. The highest BCUT2D eigenvalue weighted by atomic mass is 16.3. The molecule has 0 amide bonds. The number of nitrogens with one attached hydrogen (secondary N) is 1. The molecule has 1 saturated heterocycles. The van der Waals surface area contributed by atoms with E-state index >= 15 is 0 Å². The summed E-state index contributed by atoms with van der Waals surface area (Å²) < 4.78 is 2.15. The molecule has 0 unspecified atom stereocenters. The number of hydrogen-bond acceptors (Lipinski definition) is 3. The van der Waals surface area contributed by atoms with Crippen molar-refractivity contribution in [2.75, 3.05) is 13.1 Å². The summed E-state index contributed by atoms with van der Waals surface area (Å²) in [6.45, 7) is 4.96. The Morgan fingerprint density at radius 2 is 2.25 bits per heavy atom. The summed E-state index contributed by atoms with van der Waals surface area (Å²) in [6.07, 6.45) is 7.27. The van der Waals surface area contributed by atoms with E-state index in [4.69, 9.17) is 0 Å². The second kappa shape index (κ2) is 4.97. The lowest BCUT2D eigenvalue weighted by Gasteiger charge is -2.32. The first kappa shape index (κ1) is 11.6. The topological polar surface area (TPSA) is 50.1 Å². The molecule has 1 aromatic heterocycles.